The van der Waals surface area contributed by atoms with Crippen LogP contribution < -0.4 is 10.1 Å². The first-order chi connectivity index (χ1) is 10.4. The highest BCUT2D eigenvalue weighted by atomic mass is 79.9. The third kappa shape index (κ3) is 4.32. The van der Waals surface area contributed by atoms with Crippen LogP contribution in [0.4, 0.5) is 14.5 Å². The van der Waals surface area contributed by atoms with E-state index in [4.69, 9.17) is 27.9 Å². The molecule has 22 heavy (non-hydrogen) atoms. The predicted octanol–water partition coefficient (Wildman–Crippen LogP) is 5.05. The molecule has 0 radical (unpaired) electrons. The molecule has 1 amide bonds. The van der Waals surface area contributed by atoms with E-state index in [9.17, 15) is 13.6 Å². The molecule has 3 nitrogen and oxygen atoms in total. The molecule has 1 N–H and O–H groups in total. The smallest absolute Gasteiger partial charge is 0.262 e. The Balaban J connectivity index is 2.00. The summed E-state index contributed by atoms with van der Waals surface area (Å²) in [7, 11) is 0. The van der Waals surface area contributed by atoms with Crippen molar-refractivity contribution in [2.45, 2.75) is 0 Å². The van der Waals surface area contributed by atoms with Gasteiger partial charge < -0.3 is 10.1 Å². The normalized spacial score (nSPS) is 10.4. The monoisotopic (exact) mass is 409 g/mol. The highest BCUT2D eigenvalue weighted by Crippen LogP contribution is 2.28. The molecule has 0 aliphatic carbocycles. The molecule has 0 aliphatic heterocycles. The number of anilines is 1. The summed E-state index contributed by atoms with van der Waals surface area (Å²) in [5.41, 5.74) is -0.163. The number of halogens is 5. The quantitative estimate of drug-likeness (QED) is 0.765. The van der Waals surface area contributed by atoms with Crippen LogP contribution in [0.15, 0.2) is 34.8 Å². The Morgan fingerprint density at radius 2 is 1.91 bits per heavy atom. The molecule has 8 heteroatoms. The van der Waals surface area contributed by atoms with Gasteiger partial charge in [-0.2, -0.15) is 0 Å². The molecular formula is C14H8BrCl2F2NO2. The fourth-order valence-corrected chi connectivity index (χ4v) is 2.35. The number of ether oxygens (including phenoxy) is 1. The van der Waals surface area contributed by atoms with E-state index in [2.05, 4.69) is 21.2 Å². The second-order valence-electron chi connectivity index (χ2n) is 4.16. The molecule has 0 saturated carbocycles. The van der Waals surface area contributed by atoms with Crippen molar-refractivity contribution >= 4 is 50.7 Å². The summed E-state index contributed by atoms with van der Waals surface area (Å²) < 4.78 is 31.8. The van der Waals surface area contributed by atoms with Gasteiger partial charge in [0.2, 0.25) is 0 Å². The predicted molar refractivity (Wildman–Crippen MR) is 84.6 cm³/mol. The first-order valence-corrected chi connectivity index (χ1v) is 7.44. The second kappa shape index (κ2) is 7.26. The first kappa shape index (κ1) is 17.0. The van der Waals surface area contributed by atoms with Crippen LogP contribution in [0, 0.1) is 11.6 Å². The molecular weight excluding hydrogens is 403 g/mol. The molecule has 0 atom stereocenters. The van der Waals surface area contributed by atoms with Crippen LogP contribution in [-0.2, 0) is 4.79 Å². The minimum absolute atomic E-state index is 0.0906. The van der Waals surface area contributed by atoms with Gasteiger partial charge in [-0.3, -0.25) is 4.79 Å². The van der Waals surface area contributed by atoms with Gasteiger partial charge in [0.25, 0.3) is 5.91 Å². The van der Waals surface area contributed by atoms with E-state index in [1.807, 2.05) is 0 Å². The lowest BCUT2D eigenvalue weighted by molar-refractivity contribution is -0.118. The standard InChI is InChI=1S/C14H8BrCl2F2NO2/c15-9-3-7(18)4-12(19)14(9)20-13(21)6-22-8-1-2-10(16)11(17)5-8/h1-5H,6H2,(H,20,21). The van der Waals surface area contributed by atoms with Crippen LogP contribution >= 0.6 is 39.1 Å². The van der Waals surface area contributed by atoms with E-state index in [1.165, 1.54) is 18.2 Å². The van der Waals surface area contributed by atoms with E-state index >= 15 is 0 Å². The average Bonchev–Trinajstić information content (AvgIpc) is 2.44. The van der Waals surface area contributed by atoms with Crippen molar-refractivity contribution in [1.82, 2.24) is 0 Å². The summed E-state index contributed by atoms with van der Waals surface area (Å²) in [6.07, 6.45) is 0. The number of amides is 1. The molecule has 0 spiro atoms. The van der Waals surface area contributed by atoms with Gasteiger partial charge in [-0.05, 0) is 34.1 Å². The number of hydrogen-bond donors (Lipinski definition) is 1. The van der Waals surface area contributed by atoms with Crippen LogP contribution in [0.5, 0.6) is 5.75 Å². The van der Waals surface area contributed by atoms with E-state index < -0.39 is 17.5 Å². The zero-order valence-corrected chi connectivity index (χ0v) is 13.9. The summed E-state index contributed by atoms with van der Waals surface area (Å²) in [6.45, 7) is -0.374. The Morgan fingerprint density at radius 3 is 2.55 bits per heavy atom. The molecule has 0 heterocycles. The molecule has 2 aromatic carbocycles. The summed E-state index contributed by atoms with van der Waals surface area (Å²) in [6, 6.07) is 6.22. The minimum Gasteiger partial charge on any atom is -0.484 e. The highest BCUT2D eigenvalue weighted by molar-refractivity contribution is 9.10. The fourth-order valence-electron chi connectivity index (χ4n) is 1.55. The van der Waals surface area contributed by atoms with E-state index in [1.54, 1.807) is 0 Å². The van der Waals surface area contributed by atoms with Crippen molar-refractivity contribution in [3.05, 3.63) is 56.5 Å². The van der Waals surface area contributed by atoms with Crippen LogP contribution in [-0.4, -0.2) is 12.5 Å². The Kier molecular flexibility index (Phi) is 5.61. The second-order valence-corrected chi connectivity index (χ2v) is 5.83. The van der Waals surface area contributed by atoms with Gasteiger partial charge in [-0.15, -0.1) is 0 Å². The van der Waals surface area contributed by atoms with Crippen molar-refractivity contribution in [3.8, 4) is 5.75 Å². The van der Waals surface area contributed by atoms with Gasteiger partial charge in [0.15, 0.2) is 12.4 Å². The molecule has 0 unspecified atom stereocenters. The Bertz CT molecular complexity index is 705. The maximum absolute atomic E-state index is 13.6. The lowest BCUT2D eigenvalue weighted by Gasteiger charge is -2.10. The number of rotatable bonds is 4. The number of hydrogen-bond acceptors (Lipinski definition) is 2. The highest BCUT2D eigenvalue weighted by Gasteiger charge is 2.13. The maximum atomic E-state index is 13.6. The van der Waals surface area contributed by atoms with Crippen LogP contribution in [0.2, 0.25) is 10.0 Å². The molecule has 2 aromatic rings. The molecule has 2 rings (SSSR count). The third-order valence-corrected chi connectivity index (χ3v) is 3.90. The van der Waals surface area contributed by atoms with Crippen molar-refractivity contribution in [3.63, 3.8) is 0 Å². The minimum atomic E-state index is -0.894. The van der Waals surface area contributed by atoms with Gasteiger partial charge in [-0.1, -0.05) is 23.2 Å². The number of carbonyl (C=O) groups is 1. The van der Waals surface area contributed by atoms with Gasteiger partial charge in [0.1, 0.15) is 11.6 Å². The number of benzene rings is 2. The van der Waals surface area contributed by atoms with Gasteiger partial charge in [0.05, 0.1) is 15.7 Å². The Morgan fingerprint density at radius 1 is 1.18 bits per heavy atom. The molecule has 0 fully saturated rings. The van der Waals surface area contributed by atoms with Crippen LogP contribution in [0.1, 0.15) is 0 Å². The summed E-state index contributed by atoms with van der Waals surface area (Å²) >= 11 is 14.5. The number of carbonyl (C=O) groups excluding carboxylic acids is 1. The van der Waals surface area contributed by atoms with Gasteiger partial charge in [-0.25, -0.2) is 8.78 Å². The summed E-state index contributed by atoms with van der Waals surface area (Å²) in [4.78, 5) is 11.8. The van der Waals surface area contributed by atoms with Crippen molar-refractivity contribution in [2.24, 2.45) is 0 Å². The number of nitrogens with one attached hydrogen (secondary N) is 1. The molecule has 0 aromatic heterocycles. The fraction of sp³-hybridized carbons (Fsp3) is 0.0714. The lowest BCUT2D eigenvalue weighted by Crippen LogP contribution is -2.21. The zero-order valence-electron chi connectivity index (χ0n) is 10.8. The van der Waals surface area contributed by atoms with E-state index in [0.717, 1.165) is 6.07 Å². The topological polar surface area (TPSA) is 38.3 Å². The lowest BCUT2D eigenvalue weighted by atomic mass is 10.3. The van der Waals surface area contributed by atoms with Gasteiger partial charge in [0, 0.05) is 16.6 Å². The van der Waals surface area contributed by atoms with Crippen molar-refractivity contribution in [1.29, 1.82) is 0 Å². The zero-order chi connectivity index (χ0) is 16.3. The third-order valence-electron chi connectivity index (χ3n) is 2.53. The molecule has 0 saturated heterocycles. The SMILES string of the molecule is O=C(COc1ccc(Cl)c(Cl)c1)Nc1c(F)cc(F)cc1Br. The maximum Gasteiger partial charge on any atom is 0.262 e. The first-order valence-electron chi connectivity index (χ1n) is 5.89. The molecule has 0 bridgehead atoms. The van der Waals surface area contributed by atoms with E-state index in [0.29, 0.717) is 16.8 Å². The Labute approximate surface area is 143 Å². The summed E-state index contributed by atoms with van der Waals surface area (Å²) in [5.74, 6) is -1.93. The van der Waals surface area contributed by atoms with E-state index in [-0.39, 0.29) is 21.8 Å². The van der Waals surface area contributed by atoms with Crippen molar-refractivity contribution < 1.29 is 18.3 Å². The van der Waals surface area contributed by atoms with Gasteiger partial charge >= 0.3 is 0 Å². The van der Waals surface area contributed by atoms with Crippen LogP contribution in [0.3, 0.4) is 0 Å². The molecule has 116 valence electrons. The summed E-state index contributed by atoms with van der Waals surface area (Å²) in [5, 5.41) is 2.93. The average molecular weight is 411 g/mol. The molecule has 0 aliphatic rings. The Hall–Kier alpha value is -1.37. The van der Waals surface area contributed by atoms with Crippen LogP contribution in [0.25, 0.3) is 0 Å². The van der Waals surface area contributed by atoms with Crippen molar-refractivity contribution in [2.75, 3.05) is 11.9 Å². The largest absolute Gasteiger partial charge is 0.484 e.